The van der Waals surface area contributed by atoms with Crippen LogP contribution in [0.5, 0.6) is 0 Å². The molecule has 0 aliphatic heterocycles. The summed E-state index contributed by atoms with van der Waals surface area (Å²) >= 11 is 0. The number of hydrogen-bond acceptors (Lipinski definition) is 5. The normalized spacial score (nSPS) is 14.4. The second-order valence-electron chi connectivity index (χ2n) is 7.14. The molecule has 2 atom stereocenters. The van der Waals surface area contributed by atoms with Crippen molar-refractivity contribution in [1.29, 1.82) is 0 Å². The third-order valence-corrected chi connectivity index (χ3v) is 5.10. The molecule has 4 aromatic rings. The first-order chi connectivity index (χ1) is 14.8. The Labute approximate surface area is 173 Å². The van der Waals surface area contributed by atoms with Crippen LogP contribution in [0.3, 0.4) is 0 Å². The quantitative estimate of drug-likeness (QED) is 0.463. The van der Waals surface area contributed by atoms with Gasteiger partial charge in [-0.2, -0.15) is 5.10 Å². The van der Waals surface area contributed by atoms with Gasteiger partial charge in [0.05, 0.1) is 12.5 Å². The van der Waals surface area contributed by atoms with Gasteiger partial charge in [-0.1, -0.05) is 18.1 Å². The van der Waals surface area contributed by atoms with Crippen molar-refractivity contribution < 1.29 is 27.2 Å². The number of halogens is 4. The molecule has 0 amide bonds. The van der Waals surface area contributed by atoms with Crippen molar-refractivity contribution in [2.45, 2.75) is 25.0 Å². The van der Waals surface area contributed by atoms with Gasteiger partial charge in [0, 0.05) is 29.3 Å². The van der Waals surface area contributed by atoms with Gasteiger partial charge in [0.15, 0.2) is 0 Å². The molecule has 4 rings (SSSR count). The first kappa shape index (κ1) is 20.7. The Kier molecular flexibility index (Phi) is 5.32. The van der Waals surface area contributed by atoms with E-state index >= 15 is 0 Å². The first-order valence-corrected chi connectivity index (χ1v) is 9.19. The van der Waals surface area contributed by atoms with E-state index in [-0.39, 0.29) is 29.1 Å². The van der Waals surface area contributed by atoms with Crippen molar-refractivity contribution in [1.82, 2.24) is 19.9 Å². The van der Waals surface area contributed by atoms with Crippen LogP contribution in [-0.4, -0.2) is 25.0 Å². The zero-order chi connectivity index (χ0) is 22.2. The third kappa shape index (κ3) is 4.06. The predicted molar refractivity (Wildman–Crippen MR) is 101 cm³/mol. The van der Waals surface area contributed by atoms with E-state index in [0.717, 1.165) is 30.3 Å². The van der Waals surface area contributed by atoms with Gasteiger partial charge in [0.1, 0.15) is 53.0 Å². The zero-order valence-corrected chi connectivity index (χ0v) is 16.1. The van der Waals surface area contributed by atoms with Gasteiger partial charge < -0.3 is 9.63 Å². The minimum absolute atomic E-state index is 0.117. The molecule has 2 heterocycles. The molecular weight excluding hydrogens is 416 g/mol. The third-order valence-electron chi connectivity index (χ3n) is 5.10. The molecule has 2 aromatic heterocycles. The molecule has 31 heavy (non-hydrogen) atoms. The van der Waals surface area contributed by atoms with Crippen LogP contribution in [0.4, 0.5) is 17.6 Å². The summed E-state index contributed by atoms with van der Waals surface area (Å²) in [6, 6.07) is 7.10. The summed E-state index contributed by atoms with van der Waals surface area (Å²) in [5.74, 6) is -4.14. The van der Waals surface area contributed by atoms with E-state index < -0.39 is 34.8 Å². The van der Waals surface area contributed by atoms with Crippen LogP contribution >= 0.6 is 0 Å². The minimum atomic E-state index is -1.95. The number of benzene rings is 2. The molecule has 0 aliphatic carbocycles. The number of nitrogens with zero attached hydrogens (tertiary/aromatic N) is 4. The Balaban J connectivity index is 1.76. The van der Waals surface area contributed by atoms with Gasteiger partial charge in [-0.25, -0.2) is 27.2 Å². The molecule has 0 saturated heterocycles. The average molecular weight is 432 g/mol. The fraction of sp³-hybridized carbons (Fsp3) is 0.190. The largest absolute Gasteiger partial charge is 0.382 e. The number of hydrogen-bond donors (Lipinski definition) is 1. The van der Waals surface area contributed by atoms with Crippen molar-refractivity contribution >= 4 is 0 Å². The Morgan fingerprint density at radius 2 is 1.77 bits per heavy atom. The fourth-order valence-electron chi connectivity index (χ4n) is 3.42. The van der Waals surface area contributed by atoms with Crippen molar-refractivity contribution in [3.05, 3.63) is 89.7 Å². The maximum absolute atomic E-state index is 14.6. The lowest BCUT2D eigenvalue weighted by Gasteiger charge is -2.33. The summed E-state index contributed by atoms with van der Waals surface area (Å²) in [5.41, 5.74) is -1.88. The zero-order valence-electron chi connectivity index (χ0n) is 16.1. The van der Waals surface area contributed by atoms with E-state index in [9.17, 15) is 22.7 Å². The van der Waals surface area contributed by atoms with Crippen molar-refractivity contribution in [2.75, 3.05) is 0 Å². The molecule has 0 saturated carbocycles. The molecule has 0 spiro atoms. The number of aliphatic hydroxyl groups is 1. The Morgan fingerprint density at radius 1 is 1.03 bits per heavy atom. The second-order valence-corrected chi connectivity index (χ2v) is 7.14. The monoisotopic (exact) mass is 432 g/mol. The van der Waals surface area contributed by atoms with Crippen LogP contribution < -0.4 is 0 Å². The van der Waals surface area contributed by atoms with Gasteiger partial charge in [-0.3, -0.25) is 0 Å². The molecule has 0 aliphatic rings. The molecule has 0 bridgehead atoms. The van der Waals surface area contributed by atoms with Crippen molar-refractivity contribution in [3.8, 4) is 11.3 Å². The van der Waals surface area contributed by atoms with E-state index in [1.165, 1.54) is 23.4 Å². The molecule has 6 nitrogen and oxygen atoms in total. The highest BCUT2D eigenvalue weighted by Gasteiger charge is 2.42. The highest BCUT2D eigenvalue weighted by atomic mass is 19.1. The van der Waals surface area contributed by atoms with Crippen LogP contribution in [0.15, 0.2) is 59.6 Å². The van der Waals surface area contributed by atoms with E-state index in [4.69, 9.17) is 4.52 Å². The summed E-state index contributed by atoms with van der Waals surface area (Å²) in [6.07, 6.45) is 2.58. The molecule has 0 fully saturated rings. The lowest BCUT2D eigenvalue weighted by molar-refractivity contribution is -0.0181. The number of rotatable bonds is 6. The van der Waals surface area contributed by atoms with Gasteiger partial charge in [0.2, 0.25) is 0 Å². The molecule has 2 aromatic carbocycles. The topological polar surface area (TPSA) is 77.0 Å². The predicted octanol–water partition coefficient (Wildman–Crippen LogP) is 4.18. The van der Waals surface area contributed by atoms with Crippen LogP contribution in [0.25, 0.3) is 11.3 Å². The van der Waals surface area contributed by atoms with Crippen LogP contribution in [-0.2, 0) is 12.1 Å². The Hall–Kier alpha value is -3.53. The van der Waals surface area contributed by atoms with Crippen molar-refractivity contribution in [3.63, 3.8) is 0 Å². The molecular formula is C21H16F4N4O2. The minimum Gasteiger partial charge on any atom is -0.382 e. The molecule has 0 unspecified atom stereocenters. The summed E-state index contributed by atoms with van der Waals surface area (Å²) in [5, 5.41) is 19.3. The van der Waals surface area contributed by atoms with Crippen molar-refractivity contribution in [2.24, 2.45) is 0 Å². The average Bonchev–Trinajstić information content (AvgIpc) is 3.38. The van der Waals surface area contributed by atoms with Gasteiger partial charge >= 0.3 is 0 Å². The van der Waals surface area contributed by atoms with Crippen LogP contribution in [0.2, 0.25) is 0 Å². The molecule has 10 heteroatoms. The lowest BCUT2D eigenvalue weighted by Crippen LogP contribution is -2.38. The van der Waals surface area contributed by atoms with E-state index in [1.807, 2.05) is 0 Å². The van der Waals surface area contributed by atoms with E-state index in [0.29, 0.717) is 6.07 Å². The standard InChI is InChI=1S/C21H16F4N4O2/c1-12(20-8-19(28-31-20)13-4-15(23)6-16(24)5-13)21(30,9-29-11-26-10-27-29)17-3-2-14(22)7-18(17)25/h2-8,10-12,30H,9H2,1H3/t12-,21+/m0/s1. The summed E-state index contributed by atoms with van der Waals surface area (Å²) in [6.45, 7) is 1.32. The van der Waals surface area contributed by atoms with E-state index in [2.05, 4.69) is 15.2 Å². The SMILES string of the molecule is C[C@@H](c1cc(-c2cc(F)cc(F)c2)no1)[C@](O)(Cn1cncn1)c1ccc(F)cc1F. The molecule has 1 N–H and O–H groups in total. The molecule has 0 radical (unpaired) electrons. The highest BCUT2D eigenvalue weighted by Crippen LogP contribution is 2.40. The first-order valence-electron chi connectivity index (χ1n) is 9.19. The second kappa shape index (κ2) is 7.95. The van der Waals surface area contributed by atoms with Gasteiger partial charge in [-0.15, -0.1) is 0 Å². The van der Waals surface area contributed by atoms with Gasteiger partial charge in [-0.05, 0) is 18.2 Å². The smallest absolute Gasteiger partial charge is 0.143 e. The highest BCUT2D eigenvalue weighted by molar-refractivity contribution is 5.59. The summed E-state index contributed by atoms with van der Waals surface area (Å²) in [7, 11) is 0. The fourth-order valence-corrected chi connectivity index (χ4v) is 3.42. The Morgan fingerprint density at radius 3 is 2.42 bits per heavy atom. The summed E-state index contributed by atoms with van der Waals surface area (Å²) in [4.78, 5) is 3.81. The van der Waals surface area contributed by atoms with Crippen LogP contribution in [0, 0.1) is 23.3 Å². The van der Waals surface area contributed by atoms with Gasteiger partial charge in [0.25, 0.3) is 0 Å². The maximum Gasteiger partial charge on any atom is 0.143 e. The van der Waals surface area contributed by atoms with Crippen LogP contribution in [0.1, 0.15) is 24.2 Å². The summed E-state index contributed by atoms with van der Waals surface area (Å²) < 4.78 is 61.8. The maximum atomic E-state index is 14.6. The molecule has 160 valence electrons. The lowest BCUT2D eigenvalue weighted by atomic mass is 9.80. The van der Waals surface area contributed by atoms with E-state index in [1.54, 1.807) is 6.92 Å². The number of aromatic nitrogens is 4. The Bertz CT molecular complexity index is 1190.